The van der Waals surface area contributed by atoms with Gasteiger partial charge in [-0.2, -0.15) is 15.4 Å². The van der Waals surface area contributed by atoms with E-state index in [1.807, 2.05) is 0 Å². The van der Waals surface area contributed by atoms with Gasteiger partial charge < -0.3 is 51.4 Å². The lowest BCUT2D eigenvalue weighted by Crippen LogP contribution is -2.45. The minimum absolute atomic E-state index is 0.0628. The summed E-state index contributed by atoms with van der Waals surface area (Å²) in [5.41, 5.74) is -0.592. The van der Waals surface area contributed by atoms with Gasteiger partial charge in [0.25, 0.3) is 29.3 Å². The van der Waals surface area contributed by atoms with Crippen molar-refractivity contribution in [3.8, 4) is 23.0 Å². The van der Waals surface area contributed by atoms with Crippen LogP contribution in [0.4, 0.5) is 28.4 Å². The van der Waals surface area contributed by atoms with Crippen molar-refractivity contribution in [2.75, 3.05) is 35.5 Å². The first kappa shape index (κ1) is 44.1. The molecular formula is C40H33N11O13. The number of carboxylic acids is 1. The molecule has 0 saturated heterocycles. The van der Waals surface area contributed by atoms with Crippen LogP contribution >= 0.6 is 0 Å². The maximum atomic E-state index is 13.5. The van der Waals surface area contributed by atoms with E-state index in [9.17, 15) is 54.2 Å². The molecule has 3 aromatic heterocycles. The molecule has 3 aromatic carbocycles. The zero-order chi connectivity index (χ0) is 46.1. The zero-order valence-corrected chi connectivity index (χ0v) is 33.1. The number of nitrogens with one attached hydrogen (secondary N) is 6. The average Bonchev–Trinajstić information content (AvgIpc) is 3.80. The molecule has 0 aliphatic heterocycles. The van der Waals surface area contributed by atoms with E-state index < -0.39 is 63.5 Å². The first-order valence-electron chi connectivity index (χ1n) is 18.3. The average molecular weight is 876 g/mol. The van der Waals surface area contributed by atoms with Gasteiger partial charge in [-0.15, -0.1) is 0 Å². The Bertz CT molecular complexity index is 2770. The summed E-state index contributed by atoms with van der Waals surface area (Å²) >= 11 is 0. The minimum Gasteiger partial charge on any atom is -0.504 e. The van der Waals surface area contributed by atoms with Gasteiger partial charge >= 0.3 is 5.97 Å². The summed E-state index contributed by atoms with van der Waals surface area (Å²) in [6.07, 6.45) is 3.40. The van der Waals surface area contributed by atoms with E-state index in [0.29, 0.717) is 5.69 Å². The second-order valence-corrected chi connectivity index (χ2v) is 13.1. The van der Waals surface area contributed by atoms with Crippen LogP contribution in [0.2, 0.25) is 0 Å². The quantitative estimate of drug-likeness (QED) is 0.0497. The Labute approximate surface area is 358 Å². The van der Waals surface area contributed by atoms with Gasteiger partial charge in [0.15, 0.2) is 23.0 Å². The summed E-state index contributed by atoms with van der Waals surface area (Å²) in [5.74, 6) is -7.18. The minimum atomic E-state index is -1.43. The van der Waals surface area contributed by atoms with Crippen LogP contribution in [-0.2, 0) is 11.2 Å². The van der Waals surface area contributed by atoms with Gasteiger partial charge in [-0.05, 0) is 66.7 Å². The van der Waals surface area contributed by atoms with Gasteiger partial charge in [0.1, 0.15) is 29.2 Å². The molecule has 0 radical (unpaired) electrons. The number of carbonyl (C=O) groups excluding carboxylic acids is 5. The SMILES string of the molecule is COc1c(NC(=O)c2ccc(NC(=O)c3ccc(NC(=O)[C@H](Cc4cn[nH]n4)NC(=O)c4ccc(NC(=O)c5ccc([N+](=O)[O-])cn5)cc4)cn3)c(OC)c2O)ccc(C(=O)O)c1O. The third-order valence-corrected chi connectivity index (χ3v) is 9.00. The smallest absolute Gasteiger partial charge is 0.339 e. The fraction of sp³-hybridized carbons (Fsp3) is 0.100. The number of carbonyl (C=O) groups is 6. The highest BCUT2D eigenvalue weighted by molar-refractivity contribution is 6.10. The van der Waals surface area contributed by atoms with Gasteiger partial charge in [-0.25, -0.2) is 14.8 Å². The highest BCUT2D eigenvalue weighted by atomic mass is 16.6. The molecule has 64 heavy (non-hydrogen) atoms. The molecule has 0 spiro atoms. The Morgan fingerprint density at radius 1 is 0.688 bits per heavy atom. The van der Waals surface area contributed by atoms with Crippen LogP contribution in [0.3, 0.4) is 0 Å². The second kappa shape index (κ2) is 19.3. The van der Waals surface area contributed by atoms with Crippen molar-refractivity contribution in [1.29, 1.82) is 0 Å². The van der Waals surface area contributed by atoms with Gasteiger partial charge in [0.2, 0.25) is 5.91 Å². The number of hydrogen-bond acceptors (Lipinski definition) is 16. The van der Waals surface area contributed by atoms with Gasteiger partial charge in [0.05, 0.1) is 59.9 Å². The molecule has 0 fully saturated rings. The van der Waals surface area contributed by atoms with Crippen molar-refractivity contribution >= 4 is 63.9 Å². The zero-order valence-electron chi connectivity index (χ0n) is 33.1. The topological polar surface area (TPSA) is 352 Å². The number of phenols is 2. The third kappa shape index (κ3) is 10.1. The first-order valence-corrected chi connectivity index (χ1v) is 18.3. The van der Waals surface area contributed by atoms with Crippen LogP contribution in [0.1, 0.15) is 57.7 Å². The number of nitro groups is 1. The predicted molar refractivity (Wildman–Crippen MR) is 222 cm³/mol. The molecular weight excluding hydrogens is 843 g/mol. The number of nitrogens with zero attached hydrogens (tertiary/aromatic N) is 5. The van der Waals surface area contributed by atoms with E-state index in [1.165, 1.54) is 80.2 Å². The number of hydrogen-bond donors (Lipinski definition) is 9. The van der Waals surface area contributed by atoms with Crippen molar-refractivity contribution in [2.24, 2.45) is 0 Å². The van der Waals surface area contributed by atoms with Crippen molar-refractivity contribution in [3.05, 3.63) is 135 Å². The maximum absolute atomic E-state index is 13.5. The summed E-state index contributed by atoms with van der Waals surface area (Å²) in [6, 6.07) is 14.1. The molecule has 5 amide bonds. The molecule has 0 bridgehead atoms. The number of aromatic amines is 1. The van der Waals surface area contributed by atoms with Crippen LogP contribution in [-0.4, -0.2) is 101 Å². The van der Waals surface area contributed by atoms with Crippen molar-refractivity contribution in [2.45, 2.75) is 12.5 Å². The molecule has 24 nitrogen and oxygen atoms in total. The number of pyridine rings is 2. The van der Waals surface area contributed by atoms with E-state index in [-0.39, 0.29) is 68.9 Å². The number of H-pyrrole nitrogens is 1. The number of methoxy groups -OCH3 is 2. The van der Waals surface area contributed by atoms with Crippen LogP contribution < -0.4 is 36.1 Å². The molecule has 24 heteroatoms. The number of benzene rings is 3. The Hall–Kier alpha value is -9.48. The van der Waals surface area contributed by atoms with Crippen molar-refractivity contribution < 1.29 is 58.5 Å². The van der Waals surface area contributed by atoms with Crippen LogP contribution in [0.25, 0.3) is 0 Å². The van der Waals surface area contributed by atoms with E-state index in [0.717, 1.165) is 25.4 Å². The number of aromatic carboxylic acids is 1. The Morgan fingerprint density at radius 3 is 1.81 bits per heavy atom. The standard InChI is InChI=1S/C40H33N11O13/c1-63-33-27(13-9-24(31(33)52)36(55)46-26-14-10-25(40(59)60)32(53)34(26)64-2)47-38(57)28-11-7-21(16-41-28)45-39(58)30(15-22-17-43-50-49-22)48-35(54)19-3-5-20(6-4-19)44-37(56)29-12-8-23(18-42-29)51(61)62/h3-14,16-18,30,52-53H,15H2,1-2H3,(H,44,56)(H,45,58)(H,46,55)(H,47,57)(H,48,54)(H,59,60)(H,43,49,50)/t30-/m0/s1. The fourth-order valence-corrected chi connectivity index (χ4v) is 5.83. The predicted octanol–water partition coefficient (Wildman–Crippen LogP) is 3.37. The molecule has 3 heterocycles. The monoisotopic (exact) mass is 875 g/mol. The lowest BCUT2D eigenvalue weighted by Gasteiger charge is -2.18. The number of ether oxygens (including phenoxy) is 2. The molecule has 9 N–H and O–H groups in total. The van der Waals surface area contributed by atoms with E-state index in [1.54, 1.807) is 0 Å². The number of rotatable bonds is 16. The van der Waals surface area contributed by atoms with Crippen LogP contribution in [0, 0.1) is 10.1 Å². The largest absolute Gasteiger partial charge is 0.504 e. The Balaban J connectivity index is 1.09. The summed E-state index contributed by atoms with van der Waals surface area (Å²) in [4.78, 5) is 95.2. The molecule has 0 saturated carbocycles. The highest BCUT2D eigenvalue weighted by Crippen LogP contribution is 2.40. The molecule has 326 valence electrons. The summed E-state index contributed by atoms with van der Waals surface area (Å²) in [7, 11) is 2.33. The molecule has 0 aliphatic rings. The molecule has 6 rings (SSSR count). The van der Waals surface area contributed by atoms with E-state index >= 15 is 0 Å². The summed E-state index contributed by atoms with van der Waals surface area (Å²) < 4.78 is 10.3. The fourth-order valence-electron chi connectivity index (χ4n) is 5.83. The lowest BCUT2D eigenvalue weighted by atomic mass is 10.1. The third-order valence-electron chi connectivity index (χ3n) is 9.00. The Morgan fingerprint density at radius 2 is 1.27 bits per heavy atom. The molecule has 6 aromatic rings. The van der Waals surface area contributed by atoms with Gasteiger partial charge in [-0.3, -0.25) is 34.1 Å². The van der Waals surface area contributed by atoms with Gasteiger partial charge in [0, 0.05) is 23.7 Å². The summed E-state index contributed by atoms with van der Waals surface area (Å²) in [6.45, 7) is 0. The van der Waals surface area contributed by atoms with Crippen molar-refractivity contribution in [1.82, 2.24) is 30.7 Å². The van der Waals surface area contributed by atoms with E-state index in [4.69, 9.17) is 9.47 Å². The highest BCUT2D eigenvalue weighted by Gasteiger charge is 2.26. The number of anilines is 4. The lowest BCUT2D eigenvalue weighted by molar-refractivity contribution is -0.385. The normalized spacial score (nSPS) is 11.0. The molecule has 0 aliphatic carbocycles. The van der Waals surface area contributed by atoms with E-state index in [2.05, 4.69) is 52.0 Å². The van der Waals surface area contributed by atoms with Gasteiger partial charge in [-0.1, -0.05) is 0 Å². The number of aromatic hydroxyl groups is 2. The maximum Gasteiger partial charge on any atom is 0.339 e. The van der Waals surface area contributed by atoms with Crippen LogP contribution in [0.15, 0.2) is 91.4 Å². The van der Waals surface area contributed by atoms with Crippen LogP contribution in [0.5, 0.6) is 23.0 Å². The number of phenolic OH excluding ortho intramolecular Hbond substituents is 1. The van der Waals surface area contributed by atoms with Crippen molar-refractivity contribution in [3.63, 3.8) is 0 Å². The second-order valence-electron chi connectivity index (χ2n) is 13.1. The molecule has 1 atom stereocenters. The number of amides is 5. The number of carboxylic acid groups (broad SMARTS) is 1. The summed E-state index contributed by atoms with van der Waals surface area (Å²) in [5, 5.41) is 64.3. The first-order chi connectivity index (χ1) is 30.7. The number of aromatic nitrogens is 5. The molecule has 0 unspecified atom stereocenters. The Kier molecular flexibility index (Phi) is 13.3.